The molecule has 0 aliphatic heterocycles. The molecule has 4 rings (SSSR count). The summed E-state index contributed by atoms with van der Waals surface area (Å²) >= 11 is 6.23. The Labute approximate surface area is 193 Å². The van der Waals surface area contributed by atoms with Crippen molar-refractivity contribution in [1.29, 1.82) is 0 Å². The van der Waals surface area contributed by atoms with Crippen LogP contribution in [0.3, 0.4) is 0 Å². The zero-order valence-electron chi connectivity index (χ0n) is 17.0. The maximum Gasteiger partial charge on any atom is 0.319 e. The molecule has 170 valence electrons. The van der Waals surface area contributed by atoms with Crippen molar-refractivity contribution in [3.63, 3.8) is 0 Å². The van der Waals surface area contributed by atoms with Crippen molar-refractivity contribution in [3.05, 3.63) is 65.4 Å². The van der Waals surface area contributed by atoms with Gasteiger partial charge in [0.05, 0.1) is 28.5 Å². The van der Waals surface area contributed by atoms with E-state index in [9.17, 15) is 23.7 Å². The van der Waals surface area contributed by atoms with Crippen molar-refractivity contribution in [2.75, 3.05) is 7.05 Å². The average molecular weight is 489 g/mol. The van der Waals surface area contributed by atoms with Crippen LogP contribution in [0.1, 0.15) is 5.69 Å². The van der Waals surface area contributed by atoms with E-state index in [-0.39, 0.29) is 23.0 Å². The highest BCUT2D eigenvalue weighted by molar-refractivity contribution is 7.89. The van der Waals surface area contributed by atoms with Crippen LogP contribution in [0.25, 0.3) is 17.1 Å². The van der Waals surface area contributed by atoms with Crippen LogP contribution >= 0.6 is 11.6 Å². The minimum Gasteiger partial charge on any atom is -0.507 e. The highest BCUT2D eigenvalue weighted by Gasteiger charge is 2.29. The van der Waals surface area contributed by atoms with Gasteiger partial charge >= 0.3 is 6.01 Å². The molecule has 0 fully saturated rings. The average Bonchev–Trinajstić information content (AvgIpc) is 3.15. The number of phenolic OH excluding ortho intramolecular Hbond substituents is 2. The smallest absolute Gasteiger partial charge is 0.319 e. The molecular formula is C20H17ClN6O5S. The number of benzene rings is 2. The Kier molecular flexibility index (Phi) is 5.89. The third kappa shape index (κ3) is 4.18. The first kappa shape index (κ1) is 22.5. The number of phenols is 2. The lowest BCUT2D eigenvalue weighted by Crippen LogP contribution is -2.27. The molecule has 0 bridgehead atoms. The highest BCUT2D eigenvalue weighted by Crippen LogP contribution is 2.39. The summed E-state index contributed by atoms with van der Waals surface area (Å²) in [6.07, 6.45) is 1.46. The maximum absolute atomic E-state index is 13.2. The Bertz CT molecular complexity index is 1430. The fourth-order valence-corrected chi connectivity index (χ4v) is 4.60. The van der Waals surface area contributed by atoms with E-state index in [0.717, 1.165) is 21.0 Å². The lowest BCUT2D eigenvalue weighted by Gasteiger charge is -2.18. The van der Waals surface area contributed by atoms with E-state index in [0.29, 0.717) is 11.4 Å². The van der Waals surface area contributed by atoms with Crippen molar-refractivity contribution in [2.24, 2.45) is 0 Å². The van der Waals surface area contributed by atoms with Gasteiger partial charge in [0.1, 0.15) is 16.4 Å². The zero-order chi connectivity index (χ0) is 23.8. The fourth-order valence-electron chi connectivity index (χ4n) is 3.15. The van der Waals surface area contributed by atoms with Gasteiger partial charge < -0.3 is 15.3 Å². The van der Waals surface area contributed by atoms with Crippen LogP contribution in [0.2, 0.25) is 5.02 Å². The topological polar surface area (TPSA) is 155 Å². The Morgan fingerprint density at radius 1 is 1.00 bits per heavy atom. The van der Waals surface area contributed by atoms with E-state index in [1.165, 1.54) is 13.2 Å². The third-order valence-corrected chi connectivity index (χ3v) is 6.91. The molecule has 0 spiro atoms. The first-order chi connectivity index (χ1) is 15.7. The van der Waals surface area contributed by atoms with Gasteiger partial charge in [0.15, 0.2) is 5.82 Å². The van der Waals surface area contributed by atoms with E-state index < -0.39 is 32.4 Å². The predicted molar refractivity (Wildman–Crippen MR) is 117 cm³/mol. The number of para-hydroxylation sites is 1. The van der Waals surface area contributed by atoms with Crippen LogP contribution in [0.5, 0.6) is 17.5 Å². The van der Waals surface area contributed by atoms with Crippen LogP contribution in [-0.2, 0) is 16.6 Å². The summed E-state index contributed by atoms with van der Waals surface area (Å²) in [7, 11) is -2.92. The van der Waals surface area contributed by atoms with E-state index in [1.807, 2.05) is 0 Å². The van der Waals surface area contributed by atoms with Crippen LogP contribution in [0, 0.1) is 0 Å². The number of halogens is 1. The summed E-state index contributed by atoms with van der Waals surface area (Å²) in [6.45, 7) is -0.109. The molecule has 13 heteroatoms. The summed E-state index contributed by atoms with van der Waals surface area (Å²) < 4.78 is 28.5. The Morgan fingerprint density at radius 3 is 2.45 bits per heavy atom. The standard InChI is InChI=1S/C20H17ClN6O5S/c1-26(11-12-5-4-8-22-23-12)33(31,32)18-9-13(16(28)10-17(18)29)19-24-25-20(30)27(19)15-7-3-2-6-14(15)21/h2-10,28-29H,11H2,1H3,(H,25,30). The number of rotatable bonds is 6. The van der Waals surface area contributed by atoms with Gasteiger partial charge in [0.2, 0.25) is 10.0 Å². The Balaban J connectivity index is 1.82. The first-order valence-electron chi connectivity index (χ1n) is 9.38. The van der Waals surface area contributed by atoms with Crippen molar-refractivity contribution in [1.82, 2.24) is 29.3 Å². The number of nitrogens with zero attached hydrogens (tertiary/aromatic N) is 6. The quantitative estimate of drug-likeness (QED) is 0.370. The Hall–Kier alpha value is -3.74. The van der Waals surface area contributed by atoms with Gasteiger partial charge in [-0.25, -0.2) is 13.0 Å². The summed E-state index contributed by atoms with van der Waals surface area (Å²) in [5.41, 5.74) is 0.589. The van der Waals surface area contributed by atoms with Gasteiger partial charge in [-0.1, -0.05) is 28.8 Å². The van der Waals surface area contributed by atoms with Crippen molar-refractivity contribution in [3.8, 4) is 34.6 Å². The number of aromatic nitrogens is 5. The summed E-state index contributed by atoms with van der Waals surface area (Å²) in [5, 5.41) is 46.4. The molecule has 0 aliphatic rings. The molecule has 0 saturated heterocycles. The molecule has 11 nitrogen and oxygen atoms in total. The van der Waals surface area contributed by atoms with Crippen LogP contribution in [-0.4, -0.2) is 60.1 Å². The maximum atomic E-state index is 13.2. The van der Waals surface area contributed by atoms with Crippen molar-refractivity contribution in [2.45, 2.75) is 11.4 Å². The molecule has 0 radical (unpaired) electrons. The molecule has 0 saturated carbocycles. The molecule has 4 aromatic rings. The van der Waals surface area contributed by atoms with E-state index >= 15 is 0 Å². The SMILES string of the molecule is CN(Cc1cccnn1)S(=O)(=O)c1cc(-c2nnc(O)n2-c2ccccc2Cl)c(O)cc1O. The number of hydrogen-bond acceptors (Lipinski definition) is 9. The molecule has 3 N–H and O–H groups in total. The lowest BCUT2D eigenvalue weighted by molar-refractivity contribution is 0.420. The van der Waals surface area contributed by atoms with Gasteiger partial charge in [-0.05, 0) is 30.3 Å². The highest BCUT2D eigenvalue weighted by atomic mass is 35.5. The van der Waals surface area contributed by atoms with Crippen LogP contribution in [0.15, 0.2) is 59.6 Å². The summed E-state index contributed by atoms with van der Waals surface area (Å²) in [4.78, 5) is -0.491. The van der Waals surface area contributed by atoms with E-state index in [1.54, 1.807) is 36.4 Å². The molecule has 33 heavy (non-hydrogen) atoms. The molecular weight excluding hydrogens is 472 g/mol. The minimum atomic E-state index is -4.24. The second kappa shape index (κ2) is 8.65. The second-order valence-corrected chi connectivity index (χ2v) is 9.34. The predicted octanol–water partition coefficient (Wildman–Crippen LogP) is 2.32. The van der Waals surface area contributed by atoms with Crippen molar-refractivity contribution >= 4 is 21.6 Å². The van der Waals surface area contributed by atoms with Crippen molar-refractivity contribution < 1.29 is 23.7 Å². The van der Waals surface area contributed by atoms with Gasteiger partial charge in [0.25, 0.3) is 0 Å². The third-order valence-electron chi connectivity index (χ3n) is 4.76. The van der Waals surface area contributed by atoms with Crippen LogP contribution in [0.4, 0.5) is 0 Å². The molecule has 0 unspecified atom stereocenters. The summed E-state index contributed by atoms with van der Waals surface area (Å²) in [5.74, 6) is -1.25. The van der Waals surface area contributed by atoms with Crippen LogP contribution < -0.4 is 0 Å². The molecule has 2 aromatic heterocycles. The first-order valence-corrected chi connectivity index (χ1v) is 11.2. The monoisotopic (exact) mass is 488 g/mol. The lowest BCUT2D eigenvalue weighted by atomic mass is 10.1. The van der Waals surface area contributed by atoms with Gasteiger partial charge in [-0.2, -0.15) is 14.5 Å². The molecule has 2 aromatic carbocycles. The van der Waals surface area contributed by atoms with Gasteiger partial charge in [0, 0.05) is 19.3 Å². The number of aromatic hydroxyl groups is 3. The molecule has 0 aliphatic carbocycles. The van der Waals surface area contributed by atoms with Gasteiger partial charge in [-0.3, -0.25) is 0 Å². The second-order valence-electron chi connectivity index (χ2n) is 6.92. The molecule has 0 atom stereocenters. The Morgan fingerprint density at radius 2 is 1.76 bits per heavy atom. The van der Waals surface area contributed by atoms with E-state index in [4.69, 9.17) is 11.6 Å². The minimum absolute atomic E-state index is 0.0915. The van der Waals surface area contributed by atoms with E-state index in [2.05, 4.69) is 20.4 Å². The zero-order valence-corrected chi connectivity index (χ0v) is 18.6. The number of sulfonamides is 1. The summed E-state index contributed by atoms with van der Waals surface area (Å²) in [6, 6.07) is 11.1. The largest absolute Gasteiger partial charge is 0.507 e. The fraction of sp³-hybridized carbons (Fsp3) is 0.100. The normalized spacial score (nSPS) is 11.7. The van der Waals surface area contributed by atoms with Gasteiger partial charge in [-0.15, -0.1) is 5.10 Å². The molecule has 2 heterocycles. The molecule has 0 amide bonds. The number of hydrogen-bond donors (Lipinski definition) is 3.